The van der Waals surface area contributed by atoms with Gasteiger partial charge in [0.15, 0.2) is 0 Å². The summed E-state index contributed by atoms with van der Waals surface area (Å²) < 4.78 is 0. The highest BCUT2D eigenvalue weighted by atomic mass is 16.3. The van der Waals surface area contributed by atoms with Crippen LogP contribution in [0.5, 0.6) is 0 Å². The standard InChI is InChI=1S/C17H20O/c1-13-7-6-8-14(2)16(13)11-12-17(18)15-9-4-3-5-10-15/h3-10,17-18H,11-12H2,1-2H3. The van der Waals surface area contributed by atoms with Gasteiger partial charge in [0.25, 0.3) is 0 Å². The molecule has 0 amide bonds. The van der Waals surface area contributed by atoms with Crippen LogP contribution < -0.4 is 0 Å². The van der Waals surface area contributed by atoms with Crippen LogP contribution in [0.25, 0.3) is 0 Å². The maximum Gasteiger partial charge on any atom is 0.0793 e. The van der Waals surface area contributed by atoms with Gasteiger partial charge in [0.05, 0.1) is 6.10 Å². The predicted molar refractivity (Wildman–Crippen MR) is 75.6 cm³/mol. The number of aryl methyl sites for hydroxylation is 2. The first-order valence-electron chi connectivity index (χ1n) is 6.46. The molecule has 1 nitrogen and oxygen atoms in total. The van der Waals surface area contributed by atoms with Crippen molar-refractivity contribution >= 4 is 0 Å². The average Bonchev–Trinajstić information content (AvgIpc) is 2.39. The fourth-order valence-electron chi connectivity index (χ4n) is 2.37. The molecule has 0 radical (unpaired) electrons. The molecule has 0 aliphatic carbocycles. The topological polar surface area (TPSA) is 20.2 Å². The van der Waals surface area contributed by atoms with Crippen molar-refractivity contribution in [2.75, 3.05) is 0 Å². The Balaban J connectivity index is 2.04. The third-order valence-electron chi connectivity index (χ3n) is 3.50. The molecular formula is C17H20O. The fourth-order valence-corrected chi connectivity index (χ4v) is 2.37. The van der Waals surface area contributed by atoms with E-state index in [9.17, 15) is 5.11 Å². The molecule has 94 valence electrons. The van der Waals surface area contributed by atoms with Crippen molar-refractivity contribution in [3.63, 3.8) is 0 Å². The second-order valence-corrected chi connectivity index (χ2v) is 4.84. The lowest BCUT2D eigenvalue weighted by molar-refractivity contribution is 0.168. The number of benzene rings is 2. The van der Waals surface area contributed by atoms with E-state index >= 15 is 0 Å². The van der Waals surface area contributed by atoms with E-state index in [1.807, 2.05) is 30.3 Å². The Morgan fingerprint density at radius 3 is 2.11 bits per heavy atom. The Bertz CT molecular complexity index is 482. The summed E-state index contributed by atoms with van der Waals surface area (Å²) in [6, 6.07) is 16.2. The molecule has 1 unspecified atom stereocenters. The third-order valence-corrected chi connectivity index (χ3v) is 3.50. The molecule has 0 aromatic heterocycles. The van der Waals surface area contributed by atoms with Crippen molar-refractivity contribution in [3.8, 4) is 0 Å². The first-order valence-corrected chi connectivity index (χ1v) is 6.46. The van der Waals surface area contributed by atoms with Crippen molar-refractivity contribution in [2.45, 2.75) is 32.8 Å². The molecule has 0 heterocycles. The third kappa shape index (κ3) is 2.99. The summed E-state index contributed by atoms with van der Waals surface area (Å²) in [6.45, 7) is 4.27. The normalized spacial score (nSPS) is 12.4. The van der Waals surface area contributed by atoms with Crippen LogP contribution in [0.2, 0.25) is 0 Å². The lowest BCUT2D eigenvalue weighted by Gasteiger charge is -2.13. The summed E-state index contributed by atoms with van der Waals surface area (Å²) >= 11 is 0. The Hall–Kier alpha value is -1.60. The average molecular weight is 240 g/mol. The van der Waals surface area contributed by atoms with Gasteiger partial charge in [-0.05, 0) is 48.9 Å². The SMILES string of the molecule is Cc1cccc(C)c1CCC(O)c1ccccc1. The van der Waals surface area contributed by atoms with E-state index in [4.69, 9.17) is 0 Å². The highest BCUT2D eigenvalue weighted by molar-refractivity contribution is 5.33. The maximum absolute atomic E-state index is 10.2. The van der Waals surface area contributed by atoms with Gasteiger partial charge in [-0.15, -0.1) is 0 Å². The molecule has 0 saturated carbocycles. The van der Waals surface area contributed by atoms with Gasteiger partial charge in [0, 0.05) is 0 Å². The van der Waals surface area contributed by atoms with Crippen molar-refractivity contribution in [3.05, 3.63) is 70.8 Å². The monoisotopic (exact) mass is 240 g/mol. The van der Waals surface area contributed by atoms with Crippen LogP contribution in [-0.4, -0.2) is 5.11 Å². The second-order valence-electron chi connectivity index (χ2n) is 4.84. The highest BCUT2D eigenvalue weighted by Gasteiger charge is 2.09. The van der Waals surface area contributed by atoms with Gasteiger partial charge in [-0.25, -0.2) is 0 Å². The zero-order valence-electron chi connectivity index (χ0n) is 11.1. The Kier molecular flexibility index (Phi) is 4.16. The summed E-state index contributed by atoms with van der Waals surface area (Å²) in [7, 11) is 0. The second kappa shape index (κ2) is 5.83. The van der Waals surface area contributed by atoms with Gasteiger partial charge in [-0.1, -0.05) is 48.5 Å². The van der Waals surface area contributed by atoms with Crippen LogP contribution in [0, 0.1) is 13.8 Å². The molecule has 2 aromatic rings. The van der Waals surface area contributed by atoms with Crippen molar-refractivity contribution in [1.82, 2.24) is 0 Å². The van der Waals surface area contributed by atoms with E-state index in [2.05, 4.69) is 32.0 Å². The van der Waals surface area contributed by atoms with Gasteiger partial charge < -0.3 is 5.11 Å². The summed E-state index contributed by atoms with van der Waals surface area (Å²) in [6.07, 6.45) is 1.33. The first kappa shape index (κ1) is 12.8. The minimum Gasteiger partial charge on any atom is -0.388 e. The van der Waals surface area contributed by atoms with E-state index in [1.165, 1.54) is 16.7 Å². The van der Waals surface area contributed by atoms with Gasteiger partial charge in [-0.3, -0.25) is 0 Å². The Labute approximate surface area is 109 Å². The molecule has 0 aliphatic heterocycles. The van der Waals surface area contributed by atoms with E-state index < -0.39 is 0 Å². The fraction of sp³-hybridized carbons (Fsp3) is 0.294. The Morgan fingerprint density at radius 2 is 1.50 bits per heavy atom. The smallest absolute Gasteiger partial charge is 0.0793 e. The molecule has 1 heteroatoms. The number of hydrogen-bond donors (Lipinski definition) is 1. The summed E-state index contributed by atoms with van der Waals surface area (Å²) in [4.78, 5) is 0. The number of aliphatic hydroxyl groups excluding tert-OH is 1. The summed E-state index contributed by atoms with van der Waals surface area (Å²) in [5.74, 6) is 0. The molecule has 0 saturated heterocycles. The predicted octanol–water partition coefficient (Wildman–Crippen LogP) is 3.97. The van der Waals surface area contributed by atoms with Gasteiger partial charge >= 0.3 is 0 Å². The molecule has 1 N–H and O–H groups in total. The molecule has 0 aliphatic rings. The van der Waals surface area contributed by atoms with Crippen LogP contribution in [0.15, 0.2) is 48.5 Å². The van der Waals surface area contributed by atoms with Crippen molar-refractivity contribution in [2.24, 2.45) is 0 Å². The minimum atomic E-state index is -0.370. The highest BCUT2D eigenvalue weighted by Crippen LogP contribution is 2.22. The van der Waals surface area contributed by atoms with Gasteiger partial charge in [-0.2, -0.15) is 0 Å². The lowest BCUT2D eigenvalue weighted by atomic mass is 9.95. The molecule has 0 bridgehead atoms. The largest absolute Gasteiger partial charge is 0.388 e. The van der Waals surface area contributed by atoms with Crippen molar-refractivity contribution < 1.29 is 5.11 Å². The molecule has 0 spiro atoms. The van der Waals surface area contributed by atoms with Crippen LogP contribution in [0.1, 0.15) is 34.8 Å². The number of hydrogen-bond acceptors (Lipinski definition) is 1. The van der Waals surface area contributed by atoms with Gasteiger partial charge in [0.1, 0.15) is 0 Å². The van der Waals surface area contributed by atoms with E-state index in [0.29, 0.717) is 0 Å². The van der Waals surface area contributed by atoms with Crippen LogP contribution in [0.4, 0.5) is 0 Å². The molecule has 2 rings (SSSR count). The molecular weight excluding hydrogens is 220 g/mol. The molecule has 0 fully saturated rings. The molecule has 18 heavy (non-hydrogen) atoms. The van der Waals surface area contributed by atoms with Crippen LogP contribution in [0.3, 0.4) is 0 Å². The molecule has 1 atom stereocenters. The zero-order valence-corrected chi connectivity index (χ0v) is 11.1. The van der Waals surface area contributed by atoms with E-state index in [1.54, 1.807) is 0 Å². The zero-order chi connectivity index (χ0) is 13.0. The number of rotatable bonds is 4. The van der Waals surface area contributed by atoms with Crippen molar-refractivity contribution in [1.29, 1.82) is 0 Å². The maximum atomic E-state index is 10.2. The lowest BCUT2D eigenvalue weighted by Crippen LogP contribution is -2.01. The summed E-state index contributed by atoms with van der Waals surface area (Å²) in [5, 5.41) is 10.2. The first-order chi connectivity index (χ1) is 8.68. The quantitative estimate of drug-likeness (QED) is 0.857. The van der Waals surface area contributed by atoms with Crippen LogP contribution >= 0.6 is 0 Å². The van der Waals surface area contributed by atoms with E-state index in [-0.39, 0.29) is 6.10 Å². The number of aliphatic hydroxyl groups is 1. The minimum absolute atomic E-state index is 0.370. The molecule has 2 aromatic carbocycles. The summed E-state index contributed by atoms with van der Waals surface area (Å²) in [5.41, 5.74) is 5.00. The van der Waals surface area contributed by atoms with Crippen LogP contribution in [-0.2, 0) is 6.42 Å². The Morgan fingerprint density at radius 1 is 0.889 bits per heavy atom. The van der Waals surface area contributed by atoms with E-state index in [0.717, 1.165) is 18.4 Å². The van der Waals surface area contributed by atoms with Gasteiger partial charge in [0.2, 0.25) is 0 Å².